The molecule has 2 heterocycles. The first-order valence-corrected chi connectivity index (χ1v) is 8.16. The molecule has 116 valence electrons. The molecule has 2 unspecified atom stereocenters. The third kappa shape index (κ3) is 3.47. The van der Waals surface area contributed by atoms with Crippen LogP contribution in [0.15, 0.2) is 42.6 Å². The highest BCUT2D eigenvalue weighted by atomic mass is 16.5. The first-order valence-electron chi connectivity index (χ1n) is 8.16. The molecule has 1 aliphatic heterocycles. The normalized spacial score (nSPS) is 21.5. The SMILES string of the molecule is CCC1CCNCC1Oc1ccc(-c2ccc(C)cc2)nc1. The van der Waals surface area contributed by atoms with Crippen LogP contribution in [-0.2, 0) is 0 Å². The van der Waals surface area contributed by atoms with Crippen molar-refractivity contribution in [2.24, 2.45) is 5.92 Å². The standard InChI is InChI=1S/C19H24N2O/c1-3-15-10-11-20-13-19(15)22-17-8-9-18(21-12-17)16-6-4-14(2)5-7-16/h4-9,12,15,19-20H,3,10-11,13H2,1-2H3. The number of ether oxygens (including phenoxy) is 1. The molecule has 1 fully saturated rings. The van der Waals surface area contributed by atoms with Gasteiger partial charge in [-0.2, -0.15) is 0 Å². The Kier molecular flexibility index (Phi) is 4.74. The maximum Gasteiger partial charge on any atom is 0.138 e. The average molecular weight is 296 g/mol. The Balaban J connectivity index is 1.70. The predicted molar refractivity (Wildman–Crippen MR) is 90.1 cm³/mol. The van der Waals surface area contributed by atoms with Crippen LogP contribution >= 0.6 is 0 Å². The third-order valence-corrected chi connectivity index (χ3v) is 4.46. The van der Waals surface area contributed by atoms with E-state index in [0.29, 0.717) is 5.92 Å². The number of nitrogens with one attached hydrogen (secondary N) is 1. The Morgan fingerprint density at radius 1 is 1.18 bits per heavy atom. The van der Waals surface area contributed by atoms with E-state index in [2.05, 4.69) is 48.4 Å². The van der Waals surface area contributed by atoms with E-state index in [1.165, 1.54) is 18.4 Å². The highest BCUT2D eigenvalue weighted by Crippen LogP contribution is 2.24. The molecule has 3 heteroatoms. The Bertz CT molecular complexity index is 592. The third-order valence-electron chi connectivity index (χ3n) is 4.46. The molecule has 1 N–H and O–H groups in total. The summed E-state index contributed by atoms with van der Waals surface area (Å²) in [6.45, 7) is 6.36. The number of nitrogens with zero attached hydrogens (tertiary/aromatic N) is 1. The lowest BCUT2D eigenvalue weighted by Crippen LogP contribution is -2.43. The number of aromatic nitrogens is 1. The summed E-state index contributed by atoms with van der Waals surface area (Å²) in [6.07, 6.45) is 4.46. The zero-order valence-electron chi connectivity index (χ0n) is 13.4. The fraction of sp³-hybridized carbons (Fsp3) is 0.421. The molecule has 0 aliphatic carbocycles. The summed E-state index contributed by atoms with van der Waals surface area (Å²) in [4.78, 5) is 4.55. The zero-order valence-corrected chi connectivity index (χ0v) is 13.4. The van der Waals surface area contributed by atoms with Gasteiger partial charge in [0.1, 0.15) is 11.9 Å². The highest BCUT2D eigenvalue weighted by molar-refractivity contribution is 5.59. The summed E-state index contributed by atoms with van der Waals surface area (Å²) in [5.74, 6) is 1.50. The van der Waals surface area contributed by atoms with E-state index >= 15 is 0 Å². The van der Waals surface area contributed by atoms with Crippen LogP contribution in [0.4, 0.5) is 0 Å². The summed E-state index contributed by atoms with van der Waals surface area (Å²) >= 11 is 0. The van der Waals surface area contributed by atoms with E-state index in [1.54, 1.807) is 0 Å². The maximum atomic E-state index is 6.14. The van der Waals surface area contributed by atoms with Gasteiger partial charge >= 0.3 is 0 Å². The maximum absolute atomic E-state index is 6.14. The fourth-order valence-corrected chi connectivity index (χ4v) is 3.01. The van der Waals surface area contributed by atoms with Crippen molar-refractivity contribution < 1.29 is 4.74 Å². The average Bonchev–Trinajstić information content (AvgIpc) is 2.57. The quantitative estimate of drug-likeness (QED) is 0.931. The van der Waals surface area contributed by atoms with Gasteiger partial charge in [0.25, 0.3) is 0 Å². The topological polar surface area (TPSA) is 34.1 Å². The number of hydrogen-bond acceptors (Lipinski definition) is 3. The van der Waals surface area contributed by atoms with Crippen LogP contribution in [0.1, 0.15) is 25.3 Å². The second kappa shape index (κ2) is 6.93. The van der Waals surface area contributed by atoms with Crippen molar-refractivity contribution in [1.29, 1.82) is 0 Å². The molecule has 0 bridgehead atoms. The van der Waals surface area contributed by atoms with E-state index in [0.717, 1.165) is 30.1 Å². The number of hydrogen-bond donors (Lipinski definition) is 1. The van der Waals surface area contributed by atoms with Crippen LogP contribution in [0.5, 0.6) is 5.75 Å². The summed E-state index contributed by atoms with van der Waals surface area (Å²) in [5.41, 5.74) is 3.39. The van der Waals surface area contributed by atoms with Gasteiger partial charge in [-0.3, -0.25) is 4.98 Å². The molecular formula is C19H24N2O. The van der Waals surface area contributed by atoms with E-state index < -0.39 is 0 Å². The van der Waals surface area contributed by atoms with Gasteiger partial charge in [-0.1, -0.05) is 36.8 Å². The van der Waals surface area contributed by atoms with Crippen molar-refractivity contribution in [2.45, 2.75) is 32.8 Å². The number of benzene rings is 1. The predicted octanol–water partition coefficient (Wildman–Crippen LogP) is 3.82. The second-order valence-electron chi connectivity index (χ2n) is 6.06. The van der Waals surface area contributed by atoms with Crippen LogP contribution in [-0.4, -0.2) is 24.2 Å². The molecular weight excluding hydrogens is 272 g/mol. The largest absolute Gasteiger partial charge is 0.487 e. The summed E-state index contributed by atoms with van der Waals surface area (Å²) in [6, 6.07) is 12.5. The Morgan fingerprint density at radius 3 is 2.68 bits per heavy atom. The molecule has 0 saturated carbocycles. The minimum Gasteiger partial charge on any atom is -0.487 e. The van der Waals surface area contributed by atoms with Crippen LogP contribution in [0.2, 0.25) is 0 Å². The lowest BCUT2D eigenvalue weighted by molar-refractivity contribution is 0.102. The summed E-state index contributed by atoms with van der Waals surface area (Å²) < 4.78 is 6.14. The van der Waals surface area contributed by atoms with Gasteiger partial charge < -0.3 is 10.1 Å². The minimum absolute atomic E-state index is 0.255. The second-order valence-corrected chi connectivity index (χ2v) is 6.06. The molecule has 3 rings (SSSR count). The van der Waals surface area contributed by atoms with Crippen molar-refractivity contribution in [2.75, 3.05) is 13.1 Å². The van der Waals surface area contributed by atoms with Crippen molar-refractivity contribution in [1.82, 2.24) is 10.3 Å². The molecule has 3 nitrogen and oxygen atoms in total. The monoisotopic (exact) mass is 296 g/mol. The molecule has 0 radical (unpaired) electrons. The molecule has 0 spiro atoms. The van der Waals surface area contributed by atoms with Crippen LogP contribution in [0, 0.1) is 12.8 Å². The number of piperidine rings is 1. The zero-order chi connectivity index (χ0) is 15.4. The molecule has 0 amide bonds. The molecule has 1 aromatic heterocycles. The summed E-state index contributed by atoms with van der Waals surface area (Å²) in [5, 5.41) is 3.42. The smallest absolute Gasteiger partial charge is 0.138 e. The molecule has 1 aromatic carbocycles. The molecule has 2 aromatic rings. The van der Waals surface area contributed by atoms with Crippen LogP contribution < -0.4 is 10.1 Å². The number of pyridine rings is 1. The molecule has 1 saturated heterocycles. The van der Waals surface area contributed by atoms with E-state index in [4.69, 9.17) is 4.74 Å². The molecule has 2 atom stereocenters. The van der Waals surface area contributed by atoms with Gasteiger partial charge in [0, 0.05) is 12.1 Å². The Labute approximate surface area is 132 Å². The van der Waals surface area contributed by atoms with Crippen molar-refractivity contribution in [3.63, 3.8) is 0 Å². The van der Waals surface area contributed by atoms with Crippen LogP contribution in [0.25, 0.3) is 11.3 Å². The summed E-state index contributed by atoms with van der Waals surface area (Å²) in [7, 11) is 0. The Hall–Kier alpha value is -1.87. The Morgan fingerprint density at radius 2 is 2.00 bits per heavy atom. The number of rotatable bonds is 4. The molecule has 1 aliphatic rings. The van der Waals surface area contributed by atoms with Gasteiger partial charge in [-0.05, 0) is 44.4 Å². The lowest BCUT2D eigenvalue weighted by Gasteiger charge is -2.31. The van der Waals surface area contributed by atoms with Crippen molar-refractivity contribution >= 4 is 0 Å². The van der Waals surface area contributed by atoms with E-state index in [9.17, 15) is 0 Å². The first-order chi connectivity index (χ1) is 10.8. The van der Waals surface area contributed by atoms with E-state index in [-0.39, 0.29) is 6.10 Å². The van der Waals surface area contributed by atoms with Gasteiger partial charge in [0.05, 0.1) is 11.9 Å². The van der Waals surface area contributed by atoms with Gasteiger partial charge in [0.2, 0.25) is 0 Å². The van der Waals surface area contributed by atoms with Crippen molar-refractivity contribution in [3.05, 3.63) is 48.2 Å². The van der Waals surface area contributed by atoms with Gasteiger partial charge in [-0.15, -0.1) is 0 Å². The minimum atomic E-state index is 0.255. The molecule has 22 heavy (non-hydrogen) atoms. The van der Waals surface area contributed by atoms with Gasteiger partial charge in [0.15, 0.2) is 0 Å². The highest BCUT2D eigenvalue weighted by Gasteiger charge is 2.25. The van der Waals surface area contributed by atoms with E-state index in [1.807, 2.05) is 18.3 Å². The fourth-order valence-electron chi connectivity index (χ4n) is 3.01. The first kappa shape index (κ1) is 15.0. The van der Waals surface area contributed by atoms with Crippen LogP contribution in [0.3, 0.4) is 0 Å². The lowest BCUT2D eigenvalue weighted by atomic mass is 9.92. The van der Waals surface area contributed by atoms with Crippen molar-refractivity contribution in [3.8, 4) is 17.0 Å². The number of aryl methyl sites for hydroxylation is 1. The van der Waals surface area contributed by atoms with Gasteiger partial charge in [-0.25, -0.2) is 0 Å².